The van der Waals surface area contributed by atoms with Crippen molar-refractivity contribution in [3.63, 3.8) is 0 Å². The van der Waals surface area contributed by atoms with Crippen LogP contribution in [-0.2, 0) is 4.79 Å². The highest BCUT2D eigenvalue weighted by molar-refractivity contribution is 5.46. The number of hydrogen-bond acceptors (Lipinski definition) is 1. The van der Waals surface area contributed by atoms with Crippen molar-refractivity contribution in [2.45, 2.75) is 90.9 Å². The van der Waals surface area contributed by atoms with Gasteiger partial charge in [-0.1, -0.05) is 78.1 Å². The molecule has 0 radical (unpaired) electrons. The van der Waals surface area contributed by atoms with Gasteiger partial charge >= 0.3 is 0 Å². The second kappa shape index (κ2) is 15.5. The van der Waals surface area contributed by atoms with Gasteiger partial charge in [0.05, 0.1) is 0 Å². The van der Waals surface area contributed by atoms with Crippen molar-refractivity contribution >= 4 is 6.41 Å². The third kappa shape index (κ3) is 13.7. The summed E-state index contributed by atoms with van der Waals surface area (Å²) >= 11 is 0. The predicted octanol–water partition coefficient (Wildman–Crippen LogP) is 5.17. The van der Waals surface area contributed by atoms with Crippen LogP contribution >= 0.6 is 0 Å². The Hall–Kier alpha value is -0.530. The lowest BCUT2D eigenvalue weighted by atomic mass is 10.1. The molecule has 2 nitrogen and oxygen atoms in total. The highest BCUT2D eigenvalue weighted by Gasteiger charge is 2.00. The Morgan fingerprint density at radius 1 is 0.632 bits per heavy atom. The molecule has 0 saturated carbocycles. The molecule has 0 saturated heterocycles. The topological polar surface area (TPSA) is 20.3 Å². The molecule has 0 heterocycles. The van der Waals surface area contributed by atoms with Crippen molar-refractivity contribution < 1.29 is 4.79 Å². The molecule has 0 N–H and O–H groups in total. The number of hydrogen-bond donors (Lipinski definition) is 0. The van der Waals surface area contributed by atoms with Gasteiger partial charge in [-0.05, 0) is 12.8 Å². The van der Waals surface area contributed by atoms with Gasteiger partial charge in [-0.15, -0.1) is 0 Å². The minimum atomic E-state index is 0.942. The Balaban J connectivity index is 3.18. The van der Waals surface area contributed by atoms with Gasteiger partial charge in [0.1, 0.15) is 0 Å². The van der Waals surface area contributed by atoms with E-state index in [4.69, 9.17) is 0 Å². The summed E-state index contributed by atoms with van der Waals surface area (Å²) < 4.78 is 0. The van der Waals surface area contributed by atoms with E-state index in [9.17, 15) is 4.79 Å². The Morgan fingerprint density at radius 3 is 1.53 bits per heavy atom. The molecule has 0 spiro atoms. The van der Waals surface area contributed by atoms with Crippen LogP contribution in [0, 0.1) is 0 Å². The second-order valence-corrected chi connectivity index (χ2v) is 5.68. The fourth-order valence-electron chi connectivity index (χ4n) is 2.38. The van der Waals surface area contributed by atoms with Crippen molar-refractivity contribution in [2.75, 3.05) is 13.1 Å². The van der Waals surface area contributed by atoms with Crippen molar-refractivity contribution in [3.8, 4) is 0 Å². The van der Waals surface area contributed by atoms with E-state index in [1.807, 2.05) is 4.90 Å². The number of amides is 1. The lowest BCUT2D eigenvalue weighted by Crippen LogP contribution is -2.24. The molecule has 0 aliphatic rings. The van der Waals surface area contributed by atoms with Gasteiger partial charge in [-0.3, -0.25) is 4.79 Å². The van der Waals surface area contributed by atoms with Crippen LogP contribution in [0.15, 0.2) is 0 Å². The quantitative estimate of drug-likeness (QED) is 0.297. The van der Waals surface area contributed by atoms with Crippen LogP contribution in [0.5, 0.6) is 0 Å². The van der Waals surface area contributed by atoms with Crippen LogP contribution in [0.2, 0.25) is 0 Å². The highest BCUT2D eigenvalue weighted by atomic mass is 16.1. The van der Waals surface area contributed by atoms with Crippen LogP contribution < -0.4 is 0 Å². The van der Waals surface area contributed by atoms with Crippen LogP contribution in [0.3, 0.4) is 0 Å². The Kier molecular flexibility index (Phi) is 15.1. The molecule has 19 heavy (non-hydrogen) atoms. The van der Waals surface area contributed by atoms with E-state index in [1.165, 1.54) is 70.6 Å². The van der Waals surface area contributed by atoms with Gasteiger partial charge < -0.3 is 4.90 Å². The number of carbonyl (C=O) groups is 1. The van der Waals surface area contributed by atoms with Crippen LogP contribution in [0.4, 0.5) is 0 Å². The number of carbonyl (C=O) groups excluding carboxylic acids is 1. The van der Waals surface area contributed by atoms with Gasteiger partial charge in [-0.2, -0.15) is 0 Å². The van der Waals surface area contributed by atoms with Crippen molar-refractivity contribution in [3.05, 3.63) is 0 Å². The van der Waals surface area contributed by atoms with E-state index in [0.29, 0.717) is 0 Å². The fraction of sp³-hybridized carbons (Fsp3) is 0.941. The van der Waals surface area contributed by atoms with Crippen LogP contribution in [0.1, 0.15) is 90.9 Å². The first-order valence-electron chi connectivity index (χ1n) is 8.54. The summed E-state index contributed by atoms with van der Waals surface area (Å²) in [5.41, 5.74) is 0. The van der Waals surface area contributed by atoms with E-state index in [1.54, 1.807) is 0 Å². The monoisotopic (exact) mass is 269 g/mol. The summed E-state index contributed by atoms with van der Waals surface area (Å²) in [6.07, 6.45) is 16.9. The molecule has 0 rings (SSSR count). The van der Waals surface area contributed by atoms with Gasteiger partial charge in [0.2, 0.25) is 6.41 Å². The molecule has 0 unspecified atom stereocenters. The van der Waals surface area contributed by atoms with E-state index < -0.39 is 0 Å². The molecular formula is C17H35NO. The Labute approximate surface area is 120 Å². The lowest BCUT2D eigenvalue weighted by molar-refractivity contribution is -0.118. The molecule has 1 amide bonds. The summed E-state index contributed by atoms with van der Waals surface area (Å²) in [5, 5.41) is 0. The average Bonchev–Trinajstić information content (AvgIpc) is 2.44. The maximum atomic E-state index is 10.8. The first-order valence-corrected chi connectivity index (χ1v) is 8.54. The zero-order chi connectivity index (χ0) is 14.2. The van der Waals surface area contributed by atoms with E-state index in [-0.39, 0.29) is 0 Å². The van der Waals surface area contributed by atoms with Crippen LogP contribution in [0.25, 0.3) is 0 Å². The lowest BCUT2D eigenvalue weighted by Gasteiger charge is -2.16. The molecule has 0 fully saturated rings. The largest absolute Gasteiger partial charge is 0.345 e. The third-order valence-electron chi connectivity index (χ3n) is 3.75. The Bertz CT molecular complexity index is 182. The van der Waals surface area contributed by atoms with E-state index >= 15 is 0 Å². The molecule has 0 aromatic heterocycles. The normalized spacial score (nSPS) is 10.6. The summed E-state index contributed by atoms with van der Waals surface area (Å²) in [6.45, 7) is 6.34. The Morgan fingerprint density at radius 2 is 1.05 bits per heavy atom. The first kappa shape index (κ1) is 18.5. The zero-order valence-electron chi connectivity index (χ0n) is 13.3. The number of unbranched alkanes of at least 4 members (excludes halogenated alkanes) is 10. The van der Waals surface area contributed by atoms with Crippen molar-refractivity contribution in [1.82, 2.24) is 4.90 Å². The zero-order valence-corrected chi connectivity index (χ0v) is 13.3. The minimum absolute atomic E-state index is 0.942. The summed E-state index contributed by atoms with van der Waals surface area (Å²) in [6, 6.07) is 0. The average molecular weight is 269 g/mol. The molecular weight excluding hydrogens is 234 g/mol. The number of rotatable bonds is 15. The van der Waals surface area contributed by atoms with Gasteiger partial charge in [0.25, 0.3) is 0 Å². The van der Waals surface area contributed by atoms with E-state index in [2.05, 4.69) is 13.8 Å². The fourth-order valence-corrected chi connectivity index (χ4v) is 2.38. The summed E-state index contributed by atoms with van der Waals surface area (Å²) in [5.74, 6) is 0. The predicted molar refractivity (Wildman–Crippen MR) is 84.4 cm³/mol. The van der Waals surface area contributed by atoms with Crippen LogP contribution in [-0.4, -0.2) is 24.4 Å². The standard InChI is InChI=1S/C17H35NO/c1-3-5-7-8-9-10-11-12-13-14-16-18(17-19)15-6-4-2/h17H,3-16H2,1-2H3. The minimum Gasteiger partial charge on any atom is -0.345 e. The summed E-state index contributed by atoms with van der Waals surface area (Å²) in [7, 11) is 0. The smallest absolute Gasteiger partial charge is 0.209 e. The van der Waals surface area contributed by atoms with Gasteiger partial charge in [-0.25, -0.2) is 0 Å². The van der Waals surface area contributed by atoms with Crippen molar-refractivity contribution in [1.29, 1.82) is 0 Å². The third-order valence-corrected chi connectivity index (χ3v) is 3.75. The molecule has 0 aromatic rings. The maximum Gasteiger partial charge on any atom is 0.209 e. The van der Waals surface area contributed by atoms with Gasteiger partial charge in [0.15, 0.2) is 0 Å². The van der Waals surface area contributed by atoms with Gasteiger partial charge in [0, 0.05) is 13.1 Å². The first-order chi connectivity index (χ1) is 9.35. The second-order valence-electron chi connectivity index (χ2n) is 5.68. The molecule has 0 aromatic carbocycles. The summed E-state index contributed by atoms with van der Waals surface area (Å²) in [4.78, 5) is 12.8. The van der Waals surface area contributed by atoms with E-state index in [0.717, 1.165) is 25.9 Å². The molecule has 0 atom stereocenters. The molecule has 0 aliphatic carbocycles. The number of nitrogens with zero attached hydrogens (tertiary/aromatic N) is 1. The molecule has 114 valence electrons. The maximum absolute atomic E-state index is 10.8. The van der Waals surface area contributed by atoms with Crippen molar-refractivity contribution in [2.24, 2.45) is 0 Å². The molecule has 0 bridgehead atoms. The highest BCUT2D eigenvalue weighted by Crippen LogP contribution is 2.10. The molecule has 2 heteroatoms. The SMILES string of the molecule is CCCCCCCCCCCCN(C=O)CCCC. The molecule has 0 aliphatic heterocycles.